The van der Waals surface area contributed by atoms with Gasteiger partial charge in [-0.2, -0.15) is 5.26 Å². The number of nitrogens with zero attached hydrogens (tertiary/aromatic N) is 4. The van der Waals surface area contributed by atoms with Gasteiger partial charge in [0.15, 0.2) is 6.19 Å². The van der Waals surface area contributed by atoms with Crippen LogP contribution in [-0.4, -0.2) is 36.2 Å². The highest BCUT2D eigenvalue weighted by Gasteiger charge is 2.10. The number of aromatic nitrogens is 1. The summed E-state index contributed by atoms with van der Waals surface area (Å²) in [6.45, 7) is 1.22. The van der Waals surface area contributed by atoms with E-state index in [1.807, 2.05) is 78.8 Å². The van der Waals surface area contributed by atoms with Gasteiger partial charge in [0, 0.05) is 40.8 Å². The van der Waals surface area contributed by atoms with E-state index < -0.39 is 6.10 Å². The summed E-state index contributed by atoms with van der Waals surface area (Å²) in [5, 5.41) is 25.3. The topological polar surface area (TPSA) is 96.6 Å². The van der Waals surface area contributed by atoms with Crippen LogP contribution in [0.3, 0.4) is 0 Å². The Morgan fingerprint density at radius 3 is 2.72 bits per heavy atom. The van der Waals surface area contributed by atoms with Crippen LogP contribution in [0.1, 0.15) is 17.2 Å². The molecule has 7 nitrogen and oxygen atoms in total. The molecule has 0 unspecified atom stereocenters. The number of hydrogen-bond acceptors (Lipinski definition) is 5. The van der Waals surface area contributed by atoms with Gasteiger partial charge in [-0.15, -0.1) is 0 Å². The summed E-state index contributed by atoms with van der Waals surface area (Å²) >= 11 is 2.26. The third-order valence-corrected chi connectivity index (χ3v) is 5.52. The van der Waals surface area contributed by atoms with Crippen molar-refractivity contribution in [1.29, 1.82) is 5.26 Å². The number of pyridine rings is 1. The molecule has 1 aromatic heterocycles. The number of anilines is 1. The molecule has 1 atom stereocenters. The minimum atomic E-state index is -0.573. The van der Waals surface area contributed by atoms with Gasteiger partial charge in [0.25, 0.3) is 0 Å². The average molecular weight is 540 g/mol. The molecule has 1 heterocycles. The Morgan fingerprint density at radius 2 is 2.03 bits per heavy atom. The number of aliphatic imine (C=N–C) groups is 1. The van der Waals surface area contributed by atoms with Gasteiger partial charge < -0.3 is 15.3 Å². The monoisotopic (exact) mass is 540 g/mol. The zero-order valence-corrected chi connectivity index (χ0v) is 19.9. The van der Waals surface area contributed by atoms with Crippen LogP contribution in [0, 0.1) is 15.0 Å². The van der Waals surface area contributed by atoms with Crippen LogP contribution < -0.4 is 15.5 Å². The molecule has 0 aliphatic heterocycles. The number of aliphatic hydroxyl groups is 1. The molecule has 0 amide bonds. The molecule has 2 aromatic carbocycles. The standard InChI is InChI=1S/C24H25IN6O/c1-31(22-6-2-5-20(25)14-22)24(29-17-26)30-21-9-7-18(8-10-21)11-13-28-16-23(32)19-4-3-12-27-15-19/h2-10,12,14-15,23,28,32H,11,13,16H2,1H3,(H,29,30)/t23-/m0/s1. The molecule has 0 saturated heterocycles. The fraction of sp³-hybridized carbons (Fsp3) is 0.208. The first kappa shape index (κ1) is 23.7. The second-order valence-corrected chi connectivity index (χ2v) is 8.38. The smallest absolute Gasteiger partial charge is 0.216 e. The minimum Gasteiger partial charge on any atom is -0.387 e. The summed E-state index contributed by atoms with van der Waals surface area (Å²) in [5.74, 6) is 0.452. The highest BCUT2D eigenvalue weighted by Crippen LogP contribution is 2.19. The summed E-state index contributed by atoms with van der Waals surface area (Å²) in [4.78, 5) is 10.5. The summed E-state index contributed by atoms with van der Waals surface area (Å²) in [6, 6.07) is 19.6. The average Bonchev–Trinajstić information content (AvgIpc) is 2.82. The van der Waals surface area contributed by atoms with E-state index in [1.54, 1.807) is 12.4 Å². The lowest BCUT2D eigenvalue weighted by Gasteiger charge is -2.20. The molecule has 0 saturated carbocycles. The van der Waals surface area contributed by atoms with Crippen LogP contribution in [0.25, 0.3) is 0 Å². The molecule has 0 radical (unpaired) electrons. The first-order valence-corrected chi connectivity index (χ1v) is 11.3. The molecule has 0 aliphatic carbocycles. The van der Waals surface area contributed by atoms with Gasteiger partial charge in [0.05, 0.1) is 11.8 Å². The fourth-order valence-corrected chi connectivity index (χ4v) is 3.59. The Bertz CT molecular complexity index is 1070. The lowest BCUT2D eigenvalue weighted by Crippen LogP contribution is -2.36. The predicted octanol–water partition coefficient (Wildman–Crippen LogP) is 3.75. The van der Waals surface area contributed by atoms with Crippen molar-refractivity contribution in [3.05, 3.63) is 87.8 Å². The van der Waals surface area contributed by atoms with Crippen molar-refractivity contribution in [2.45, 2.75) is 12.5 Å². The first-order chi connectivity index (χ1) is 15.6. The Morgan fingerprint density at radius 1 is 1.22 bits per heavy atom. The van der Waals surface area contributed by atoms with E-state index in [0.29, 0.717) is 12.5 Å². The molecule has 0 bridgehead atoms. The van der Waals surface area contributed by atoms with Crippen LogP contribution in [0.15, 0.2) is 78.0 Å². The molecule has 0 spiro atoms. The summed E-state index contributed by atoms with van der Waals surface area (Å²) in [6.07, 6.45) is 5.59. The van der Waals surface area contributed by atoms with Crippen molar-refractivity contribution in [2.75, 3.05) is 25.0 Å². The Balaban J connectivity index is 1.56. The molecule has 164 valence electrons. The van der Waals surface area contributed by atoms with Gasteiger partial charge in [-0.3, -0.25) is 10.3 Å². The van der Waals surface area contributed by atoms with Gasteiger partial charge in [-0.1, -0.05) is 24.3 Å². The van der Waals surface area contributed by atoms with Crippen LogP contribution in [0.4, 0.5) is 11.4 Å². The maximum absolute atomic E-state index is 10.2. The van der Waals surface area contributed by atoms with E-state index in [1.165, 1.54) is 0 Å². The zero-order valence-electron chi connectivity index (χ0n) is 17.7. The highest BCUT2D eigenvalue weighted by atomic mass is 127. The summed E-state index contributed by atoms with van der Waals surface area (Å²) in [5.41, 5.74) is 3.66. The second-order valence-electron chi connectivity index (χ2n) is 7.13. The minimum absolute atomic E-state index is 0.452. The molecule has 3 aromatic rings. The van der Waals surface area contributed by atoms with Crippen molar-refractivity contribution in [2.24, 2.45) is 4.99 Å². The van der Waals surface area contributed by atoms with Gasteiger partial charge in [-0.05, 0) is 77.5 Å². The number of nitriles is 1. The summed E-state index contributed by atoms with van der Waals surface area (Å²) < 4.78 is 1.11. The normalized spacial score (nSPS) is 12.1. The van der Waals surface area contributed by atoms with Crippen molar-refractivity contribution in [3.8, 4) is 6.19 Å². The Kier molecular flexibility index (Phi) is 8.98. The van der Waals surface area contributed by atoms with Crippen LogP contribution in [0.2, 0.25) is 0 Å². The van der Waals surface area contributed by atoms with Crippen LogP contribution in [-0.2, 0) is 6.42 Å². The third-order valence-electron chi connectivity index (χ3n) is 4.85. The van der Waals surface area contributed by atoms with Crippen molar-refractivity contribution in [1.82, 2.24) is 15.6 Å². The SMILES string of the molecule is CN(C(=Nc1ccc(CCNC[C@H](O)c2cccnc2)cc1)NC#N)c1cccc(I)c1. The Hall–Kier alpha value is -3.00. The number of halogens is 1. The van der Waals surface area contributed by atoms with Gasteiger partial charge >= 0.3 is 0 Å². The van der Waals surface area contributed by atoms with E-state index in [9.17, 15) is 5.11 Å². The van der Waals surface area contributed by atoms with E-state index >= 15 is 0 Å². The van der Waals surface area contributed by atoms with E-state index in [2.05, 4.69) is 43.2 Å². The van der Waals surface area contributed by atoms with Gasteiger partial charge in [-0.25, -0.2) is 4.99 Å². The third kappa shape index (κ3) is 7.02. The van der Waals surface area contributed by atoms with E-state index in [0.717, 1.165) is 39.0 Å². The quantitative estimate of drug-likeness (QED) is 0.101. The molecule has 0 fully saturated rings. The lowest BCUT2D eigenvalue weighted by atomic mass is 10.1. The zero-order chi connectivity index (χ0) is 22.8. The number of rotatable bonds is 8. The maximum Gasteiger partial charge on any atom is 0.216 e. The molecule has 3 N–H and O–H groups in total. The van der Waals surface area contributed by atoms with E-state index in [4.69, 9.17) is 5.26 Å². The molecular weight excluding hydrogens is 515 g/mol. The number of hydrogen-bond donors (Lipinski definition) is 3. The molecule has 0 aliphatic rings. The molecular formula is C24H25IN6O. The number of benzene rings is 2. The predicted molar refractivity (Wildman–Crippen MR) is 136 cm³/mol. The van der Waals surface area contributed by atoms with Crippen molar-refractivity contribution >= 4 is 39.9 Å². The largest absolute Gasteiger partial charge is 0.387 e. The van der Waals surface area contributed by atoms with Gasteiger partial charge in [0.1, 0.15) is 0 Å². The number of aliphatic hydroxyl groups excluding tert-OH is 1. The van der Waals surface area contributed by atoms with Crippen LogP contribution >= 0.6 is 22.6 Å². The number of guanidine groups is 1. The Labute approximate surface area is 202 Å². The number of nitrogens with one attached hydrogen (secondary N) is 2. The fourth-order valence-electron chi connectivity index (χ4n) is 3.07. The van der Waals surface area contributed by atoms with Gasteiger partial charge in [0.2, 0.25) is 5.96 Å². The van der Waals surface area contributed by atoms with Crippen molar-refractivity contribution in [3.63, 3.8) is 0 Å². The highest BCUT2D eigenvalue weighted by molar-refractivity contribution is 14.1. The summed E-state index contributed by atoms with van der Waals surface area (Å²) in [7, 11) is 1.87. The second kappa shape index (κ2) is 12.1. The van der Waals surface area contributed by atoms with Crippen molar-refractivity contribution < 1.29 is 5.11 Å². The first-order valence-electron chi connectivity index (χ1n) is 10.2. The van der Waals surface area contributed by atoms with Crippen LogP contribution in [0.5, 0.6) is 0 Å². The molecule has 8 heteroatoms. The molecule has 3 rings (SSSR count). The maximum atomic E-state index is 10.2. The molecule has 32 heavy (non-hydrogen) atoms. The van der Waals surface area contributed by atoms with E-state index in [-0.39, 0.29) is 0 Å². The lowest BCUT2D eigenvalue weighted by molar-refractivity contribution is 0.174.